The molecule has 1 aromatic rings. The number of carbonyl (C=O) groups excluding carboxylic acids is 1. The summed E-state index contributed by atoms with van der Waals surface area (Å²) < 4.78 is 5.25. The van der Waals surface area contributed by atoms with Crippen molar-refractivity contribution < 1.29 is 9.53 Å². The molecular weight excluding hydrogens is 300 g/mol. The van der Waals surface area contributed by atoms with Crippen LogP contribution in [0.3, 0.4) is 0 Å². The summed E-state index contributed by atoms with van der Waals surface area (Å²) in [6.45, 7) is 1.44. The van der Waals surface area contributed by atoms with E-state index in [0.717, 1.165) is 50.1 Å². The van der Waals surface area contributed by atoms with Crippen molar-refractivity contribution in [3.05, 3.63) is 29.8 Å². The molecule has 1 aromatic carbocycles. The minimum Gasteiger partial charge on any atom is -0.497 e. The highest BCUT2D eigenvalue weighted by Gasteiger charge is 2.35. The van der Waals surface area contributed by atoms with Gasteiger partial charge in [-0.15, -0.1) is 0 Å². The molecule has 1 atom stereocenters. The molecule has 24 heavy (non-hydrogen) atoms. The van der Waals surface area contributed by atoms with Crippen molar-refractivity contribution in [2.24, 2.45) is 11.8 Å². The molecular formula is C20H26N2O2. The van der Waals surface area contributed by atoms with Gasteiger partial charge < -0.3 is 9.64 Å². The zero-order chi connectivity index (χ0) is 16.9. The van der Waals surface area contributed by atoms with E-state index in [-0.39, 0.29) is 17.7 Å². The fourth-order valence-corrected chi connectivity index (χ4v) is 4.14. The fraction of sp³-hybridized carbons (Fsp3) is 0.600. The number of rotatable bonds is 4. The van der Waals surface area contributed by atoms with Crippen LogP contribution in [0.25, 0.3) is 0 Å². The maximum absolute atomic E-state index is 13.2. The van der Waals surface area contributed by atoms with Gasteiger partial charge in [0.25, 0.3) is 0 Å². The molecule has 1 aliphatic heterocycles. The monoisotopic (exact) mass is 326 g/mol. The van der Waals surface area contributed by atoms with Crippen LogP contribution in [0.15, 0.2) is 24.3 Å². The molecule has 3 rings (SSSR count). The number of carbonyl (C=O) groups is 1. The summed E-state index contributed by atoms with van der Waals surface area (Å²) in [5.74, 6) is 1.59. The summed E-state index contributed by atoms with van der Waals surface area (Å²) in [5, 5.41) is 9.06. The molecule has 0 spiro atoms. The van der Waals surface area contributed by atoms with Crippen LogP contribution in [0.4, 0.5) is 0 Å². The van der Waals surface area contributed by atoms with Crippen molar-refractivity contribution in [2.45, 2.75) is 44.4 Å². The quantitative estimate of drug-likeness (QED) is 0.847. The second kappa shape index (κ2) is 7.70. The van der Waals surface area contributed by atoms with Gasteiger partial charge in [-0.05, 0) is 49.3 Å². The number of amides is 1. The molecule has 4 heteroatoms. The van der Waals surface area contributed by atoms with E-state index in [1.165, 1.54) is 12.8 Å². The Hall–Kier alpha value is -2.02. The summed E-state index contributed by atoms with van der Waals surface area (Å²) in [5.41, 5.74) is 1.11. The molecule has 1 unspecified atom stereocenters. The van der Waals surface area contributed by atoms with E-state index in [2.05, 4.69) is 6.07 Å². The Balaban J connectivity index is 1.79. The first-order valence-electron chi connectivity index (χ1n) is 9.05. The molecule has 0 bridgehead atoms. The van der Waals surface area contributed by atoms with Crippen LogP contribution < -0.4 is 4.74 Å². The summed E-state index contributed by atoms with van der Waals surface area (Å²) in [6, 6.07) is 10.3. The third-order valence-electron chi connectivity index (χ3n) is 5.60. The van der Waals surface area contributed by atoms with Gasteiger partial charge in [-0.1, -0.05) is 25.0 Å². The first-order valence-corrected chi connectivity index (χ1v) is 9.05. The summed E-state index contributed by atoms with van der Waals surface area (Å²) in [7, 11) is 1.66. The van der Waals surface area contributed by atoms with E-state index >= 15 is 0 Å². The average molecular weight is 326 g/mol. The van der Waals surface area contributed by atoms with Crippen LogP contribution in [0, 0.1) is 23.2 Å². The Bertz CT molecular complexity index is 591. The van der Waals surface area contributed by atoms with E-state index in [1.54, 1.807) is 7.11 Å². The van der Waals surface area contributed by atoms with E-state index in [9.17, 15) is 4.79 Å². The van der Waals surface area contributed by atoms with Gasteiger partial charge >= 0.3 is 0 Å². The zero-order valence-electron chi connectivity index (χ0n) is 14.4. The fourth-order valence-electron chi connectivity index (χ4n) is 4.14. The first kappa shape index (κ1) is 16.8. The zero-order valence-corrected chi connectivity index (χ0v) is 14.4. The Kier molecular flexibility index (Phi) is 5.40. The second-order valence-corrected chi connectivity index (χ2v) is 7.02. The number of piperidine rings is 1. The molecule has 128 valence electrons. The van der Waals surface area contributed by atoms with E-state index in [4.69, 9.17) is 10.00 Å². The van der Waals surface area contributed by atoms with Crippen LogP contribution in [0.2, 0.25) is 0 Å². The van der Waals surface area contributed by atoms with Gasteiger partial charge in [0.1, 0.15) is 5.75 Å². The van der Waals surface area contributed by atoms with Crippen molar-refractivity contribution in [3.63, 3.8) is 0 Å². The van der Waals surface area contributed by atoms with Gasteiger partial charge in [-0.25, -0.2) is 0 Å². The van der Waals surface area contributed by atoms with Crippen molar-refractivity contribution in [3.8, 4) is 11.8 Å². The SMILES string of the molecule is COc1ccc(C(C(=O)N2CCC(C#N)CC2)C2CCCC2)cc1. The summed E-state index contributed by atoms with van der Waals surface area (Å²) in [4.78, 5) is 15.2. The summed E-state index contributed by atoms with van der Waals surface area (Å²) in [6.07, 6.45) is 6.33. The Morgan fingerprint density at radius 1 is 1.17 bits per heavy atom. The van der Waals surface area contributed by atoms with Crippen LogP contribution in [-0.2, 0) is 4.79 Å². The highest BCUT2D eigenvalue weighted by Crippen LogP contribution is 2.39. The van der Waals surface area contributed by atoms with Gasteiger partial charge in [0.2, 0.25) is 5.91 Å². The number of nitrogens with zero attached hydrogens (tertiary/aromatic N) is 2. The number of likely N-dealkylation sites (tertiary alicyclic amines) is 1. The van der Waals surface area contributed by atoms with Gasteiger partial charge in [0, 0.05) is 19.0 Å². The number of nitriles is 1. The van der Waals surface area contributed by atoms with Crippen LogP contribution in [0.1, 0.15) is 50.0 Å². The standard InChI is InChI=1S/C20H26N2O2/c1-24-18-8-6-17(7-9-18)19(16-4-2-3-5-16)20(23)22-12-10-15(14-21)11-13-22/h6-9,15-16,19H,2-5,10-13H2,1H3. The maximum Gasteiger partial charge on any atom is 0.230 e. The molecule has 2 fully saturated rings. The molecule has 0 N–H and O–H groups in total. The lowest BCUT2D eigenvalue weighted by molar-refractivity contribution is -0.135. The number of hydrogen-bond acceptors (Lipinski definition) is 3. The predicted molar refractivity (Wildman–Crippen MR) is 92.6 cm³/mol. The summed E-state index contributed by atoms with van der Waals surface area (Å²) >= 11 is 0. The molecule has 4 nitrogen and oxygen atoms in total. The maximum atomic E-state index is 13.2. The second-order valence-electron chi connectivity index (χ2n) is 7.02. The van der Waals surface area contributed by atoms with Gasteiger partial charge in [0.05, 0.1) is 19.1 Å². The third kappa shape index (κ3) is 3.56. The molecule has 0 radical (unpaired) electrons. The minimum atomic E-state index is -0.0444. The van der Waals surface area contributed by atoms with Crippen LogP contribution in [0.5, 0.6) is 5.75 Å². The molecule has 1 aliphatic carbocycles. The highest BCUT2D eigenvalue weighted by atomic mass is 16.5. The van der Waals surface area contributed by atoms with Crippen molar-refractivity contribution in [2.75, 3.05) is 20.2 Å². The van der Waals surface area contributed by atoms with Crippen LogP contribution in [-0.4, -0.2) is 31.0 Å². The largest absolute Gasteiger partial charge is 0.497 e. The molecule has 0 aromatic heterocycles. The van der Waals surface area contributed by atoms with Gasteiger partial charge in [0.15, 0.2) is 0 Å². The molecule has 1 amide bonds. The normalized spacial score (nSPS) is 20.6. The number of hydrogen-bond donors (Lipinski definition) is 0. The lowest BCUT2D eigenvalue weighted by atomic mass is 9.83. The topological polar surface area (TPSA) is 53.3 Å². The Morgan fingerprint density at radius 2 is 1.79 bits per heavy atom. The smallest absolute Gasteiger partial charge is 0.230 e. The van der Waals surface area contributed by atoms with Crippen molar-refractivity contribution in [1.29, 1.82) is 5.26 Å². The van der Waals surface area contributed by atoms with E-state index < -0.39 is 0 Å². The van der Waals surface area contributed by atoms with E-state index in [0.29, 0.717) is 5.92 Å². The number of ether oxygens (including phenoxy) is 1. The Morgan fingerprint density at radius 3 is 2.33 bits per heavy atom. The lowest BCUT2D eigenvalue weighted by Gasteiger charge is -2.34. The average Bonchev–Trinajstić information content (AvgIpc) is 3.16. The highest BCUT2D eigenvalue weighted by molar-refractivity contribution is 5.84. The number of methoxy groups -OCH3 is 1. The Labute approximate surface area is 144 Å². The molecule has 1 saturated heterocycles. The third-order valence-corrected chi connectivity index (χ3v) is 5.60. The predicted octanol–water partition coefficient (Wildman–Crippen LogP) is 3.73. The minimum absolute atomic E-state index is 0.0444. The van der Waals surface area contributed by atoms with Gasteiger partial charge in [-0.2, -0.15) is 5.26 Å². The molecule has 2 aliphatic rings. The van der Waals surface area contributed by atoms with Gasteiger partial charge in [-0.3, -0.25) is 4.79 Å². The van der Waals surface area contributed by atoms with E-state index in [1.807, 2.05) is 29.2 Å². The van der Waals surface area contributed by atoms with Crippen molar-refractivity contribution in [1.82, 2.24) is 4.90 Å². The van der Waals surface area contributed by atoms with Crippen LogP contribution >= 0.6 is 0 Å². The van der Waals surface area contributed by atoms with Crippen molar-refractivity contribution >= 4 is 5.91 Å². The molecule has 1 saturated carbocycles. The molecule has 1 heterocycles. The first-order chi connectivity index (χ1) is 11.7. The lowest BCUT2D eigenvalue weighted by Crippen LogP contribution is -2.42. The number of benzene rings is 1.